The average Bonchev–Trinajstić information content (AvgIpc) is 2.98. The molecule has 0 atom stereocenters. The van der Waals surface area contributed by atoms with Gasteiger partial charge in [0.15, 0.2) is 0 Å². The van der Waals surface area contributed by atoms with Gasteiger partial charge in [0.1, 0.15) is 0 Å². The number of hydrogen-bond donors (Lipinski definition) is 2. The van der Waals surface area contributed by atoms with Crippen molar-refractivity contribution in [2.75, 3.05) is 0 Å². The topological polar surface area (TPSA) is 53.1 Å². The Bertz CT molecular complexity index is 552. The van der Waals surface area contributed by atoms with Gasteiger partial charge in [0.2, 0.25) is 0 Å². The summed E-state index contributed by atoms with van der Waals surface area (Å²) in [5.41, 5.74) is 3.21. The second kappa shape index (κ2) is 3.37. The summed E-state index contributed by atoms with van der Waals surface area (Å²) in [4.78, 5) is 14.1. The van der Waals surface area contributed by atoms with E-state index in [-0.39, 0.29) is 6.42 Å². The number of aromatic amines is 1. The molecule has 0 saturated heterocycles. The lowest BCUT2D eigenvalue weighted by Gasteiger charge is -1.98. The molecule has 1 saturated carbocycles. The first-order valence-corrected chi connectivity index (χ1v) is 5.56. The number of carboxylic acids is 1. The third-order valence-corrected chi connectivity index (χ3v) is 3.13. The Morgan fingerprint density at radius 1 is 1.44 bits per heavy atom. The number of benzene rings is 1. The molecule has 1 aliphatic carbocycles. The zero-order valence-corrected chi connectivity index (χ0v) is 8.86. The highest BCUT2D eigenvalue weighted by molar-refractivity contribution is 5.87. The van der Waals surface area contributed by atoms with Crippen LogP contribution in [0.25, 0.3) is 10.9 Å². The molecule has 3 rings (SSSR count). The monoisotopic (exact) mass is 215 g/mol. The van der Waals surface area contributed by atoms with Crippen molar-refractivity contribution in [3.63, 3.8) is 0 Å². The van der Waals surface area contributed by atoms with Gasteiger partial charge in [0.05, 0.1) is 6.42 Å². The van der Waals surface area contributed by atoms with Gasteiger partial charge in [0.25, 0.3) is 0 Å². The lowest BCUT2D eigenvalue weighted by molar-refractivity contribution is -0.136. The SMILES string of the molecule is O=C(O)Cc1cccc2[nH]c(C3CC3)cc12. The van der Waals surface area contributed by atoms with E-state index in [1.54, 1.807) is 0 Å². The van der Waals surface area contributed by atoms with E-state index in [1.165, 1.54) is 18.5 Å². The number of carbonyl (C=O) groups is 1. The van der Waals surface area contributed by atoms with Gasteiger partial charge >= 0.3 is 5.97 Å². The van der Waals surface area contributed by atoms with Crippen LogP contribution >= 0.6 is 0 Å². The second-order valence-corrected chi connectivity index (χ2v) is 4.45. The minimum Gasteiger partial charge on any atom is -0.481 e. The zero-order valence-electron chi connectivity index (χ0n) is 8.86. The van der Waals surface area contributed by atoms with Gasteiger partial charge in [-0.3, -0.25) is 4.79 Å². The Morgan fingerprint density at radius 3 is 2.94 bits per heavy atom. The van der Waals surface area contributed by atoms with Crippen LogP contribution in [0.3, 0.4) is 0 Å². The van der Waals surface area contributed by atoms with Crippen LogP contribution in [0.4, 0.5) is 0 Å². The molecular weight excluding hydrogens is 202 g/mol. The van der Waals surface area contributed by atoms with Crippen molar-refractivity contribution in [2.45, 2.75) is 25.2 Å². The first-order valence-electron chi connectivity index (χ1n) is 5.56. The minimum absolute atomic E-state index is 0.0965. The summed E-state index contributed by atoms with van der Waals surface area (Å²) < 4.78 is 0. The van der Waals surface area contributed by atoms with Crippen molar-refractivity contribution in [3.8, 4) is 0 Å². The van der Waals surface area contributed by atoms with E-state index < -0.39 is 5.97 Å². The van der Waals surface area contributed by atoms with Gasteiger partial charge < -0.3 is 10.1 Å². The highest BCUT2D eigenvalue weighted by Gasteiger charge is 2.25. The molecule has 3 heteroatoms. The third-order valence-electron chi connectivity index (χ3n) is 3.13. The molecule has 82 valence electrons. The molecule has 0 aliphatic heterocycles. The van der Waals surface area contributed by atoms with Crippen LogP contribution in [0.5, 0.6) is 0 Å². The number of H-pyrrole nitrogens is 1. The first-order chi connectivity index (χ1) is 7.74. The van der Waals surface area contributed by atoms with E-state index >= 15 is 0 Å². The lowest BCUT2D eigenvalue weighted by Crippen LogP contribution is -1.99. The van der Waals surface area contributed by atoms with Crippen molar-refractivity contribution in [1.82, 2.24) is 4.98 Å². The highest BCUT2D eigenvalue weighted by Crippen LogP contribution is 2.40. The number of hydrogen-bond acceptors (Lipinski definition) is 1. The summed E-state index contributed by atoms with van der Waals surface area (Å²) in [7, 11) is 0. The predicted octanol–water partition coefficient (Wildman–Crippen LogP) is 2.67. The van der Waals surface area contributed by atoms with Crippen LogP contribution in [-0.4, -0.2) is 16.1 Å². The smallest absolute Gasteiger partial charge is 0.307 e. The maximum atomic E-state index is 10.8. The van der Waals surface area contributed by atoms with Crippen LogP contribution in [0, 0.1) is 0 Å². The second-order valence-electron chi connectivity index (χ2n) is 4.45. The zero-order chi connectivity index (χ0) is 11.1. The predicted molar refractivity (Wildman–Crippen MR) is 61.6 cm³/mol. The maximum Gasteiger partial charge on any atom is 0.307 e. The van der Waals surface area contributed by atoms with E-state index in [0.29, 0.717) is 5.92 Å². The van der Waals surface area contributed by atoms with Gasteiger partial charge in [-0.1, -0.05) is 12.1 Å². The molecule has 2 aromatic rings. The Kier molecular flexibility index (Phi) is 1.99. The van der Waals surface area contributed by atoms with Crippen molar-refractivity contribution in [3.05, 3.63) is 35.5 Å². The molecule has 1 aliphatic rings. The molecular formula is C13H13NO2. The number of nitrogens with one attached hydrogen (secondary N) is 1. The summed E-state index contributed by atoms with van der Waals surface area (Å²) in [6, 6.07) is 7.92. The molecule has 0 bridgehead atoms. The number of aliphatic carboxylic acids is 1. The molecule has 2 N–H and O–H groups in total. The van der Waals surface area contributed by atoms with Gasteiger partial charge in [-0.2, -0.15) is 0 Å². The van der Waals surface area contributed by atoms with E-state index in [2.05, 4.69) is 11.1 Å². The minimum atomic E-state index is -0.776. The summed E-state index contributed by atoms with van der Waals surface area (Å²) in [5, 5.41) is 9.91. The molecule has 1 heterocycles. The fourth-order valence-corrected chi connectivity index (χ4v) is 2.17. The van der Waals surface area contributed by atoms with Crippen molar-refractivity contribution >= 4 is 16.9 Å². The van der Waals surface area contributed by atoms with E-state index in [4.69, 9.17) is 5.11 Å². The Labute approximate surface area is 93.1 Å². The maximum absolute atomic E-state index is 10.8. The molecule has 0 spiro atoms. The molecule has 1 fully saturated rings. The van der Waals surface area contributed by atoms with Crippen LogP contribution in [0.15, 0.2) is 24.3 Å². The van der Waals surface area contributed by atoms with Crippen LogP contribution in [0.1, 0.15) is 30.0 Å². The fourth-order valence-electron chi connectivity index (χ4n) is 2.17. The third kappa shape index (κ3) is 1.58. The summed E-state index contributed by atoms with van der Waals surface area (Å²) in [5.74, 6) is -0.105. The van der Waals surface area contributed by atoms with E-state index in [1.807, 2.05) is 18.2 Å². The summed E-state index contributed by atoms with van der Waals surface area (Å²) >= 11 is 0. The molecule has 1 aromatic heterocycles. The Balaban J connectivity index is 2.09. The lowest BCUT2D eigenvalue weighted by atomic mass is 10.1. The number of fused-ring (bicyclic) bond motifs is 1. The van der Waals surface area contributed by atoms with Crippen LogP contribution < -0.4 is 0 Å². The summed E-state index contributed by atoms with van der Waals surface area (Å²) in [6.45, 7) is 0. The normalized spacial score (nSPS) is 15.5. The highest BCUT2D eigenvalue weighted by atomic mass is 16.4. The van der Waals surface area contributed by atoms with E-state index in [0.717, 1.165) is 16.5 Å². The standard InChI is InChI=1S/C13H13NO2/c15-13(16)6-9-2-1-3-11-10(9)7-12(14-11)8-4-5-8/h1-3,7-8,14H,4-6H2,(H,15,16). The largest absolute Gasteiger partial charge is 0.481 e. The molecule has 3 nitrogen and oxygen atoms in total. The van der Waals surface area contributed by atoms with E-state index in [9.17, 15) is 4.79 Å². The van der Waals surface area contributed by atoms with Gasteiger partial charge in [0, 0.05) is 16.6 Å². The van der Waals surface area contributed by atoms with Gasteiger partial charge in [-0.15, -0.1) is 0 Å². The Hall–Kier alpha value is -1.77. The van der Waals surface area contributed by atoms with Crippen LogP contribution in [0.2, 0.25) is 0 Å². The number of aromatic nitrogens is 1. The summed E-state index contributed by atoms with van der Waals surface area (Å²) in [6.07, 6.45) is 2.60. The number of rotatable bonds is 3. The molecule has 1 aromatic carbocycles. The molecule has 0 unspecified atom stereocenters. The van der Waals surface area contributed by atoms with Crippen molar-refractivity contribution < 1.29 is 9.90 Å². The molecule has 16 heavy (non-hydrogen) atoms. The fraction of sp³-hybridized carbons (Fsp3) is 0.308. The number of carboxylic acid groups (broad SMARTS) is 1. The van der Waals surface area contributed by atoms with Gasteiger partial charge in [-0.05, 0) is 36.5 Å². The molecule has 0 radical (unpaired) electrons. The van der Waals surface area contributed by atoms with Crippen LogP contribution in [-0.2, 0) is 11.2 Å². The van der Waals surface area contributed by atoms with Gasteiger partial charge in [-0.25, -0.2) is 0 Å². The molecule has 0 amide bonds. The van der Waals surface area contributed by atoms with Crippen molar-refractivity contribution in [2.24, 2.45) is 0 Å². The quantitative estimate of drug-likeness (QED) is 0.827. The average molecular weight is 215 g/mol. The first kappa shape index (κ1) is 9.46. The Morgan fingerprint density at radius 2 is 2.25 bits per heavy atom. The van der Waals surface area contributed by atoms with Crippen molar-refractivity contribution in [1.29, 1.82) is 0 Å².